The molecule has 0 aliphatic carbocycles. The monoisotopic (exact) mass is 569 g/mol. The van der Waals surface area contributed by atoms with Crippen molar-refractivity contribution >= 4 is 43.6 Å². The van der Waals surface area contributed by atoms with Crippen LogP contribution in [0.25, 0.3) is 21.8 Å². The molecule has 1 heterocycles. The number of hydrogen-bond acceptors (Lipinski definition) is 3. The summed E-state index contributed by atoms with van der Waals surface area (Å²) in [6, 6.07) is 30.3. The molecule has 1 N–H and O–H groups in total. The highest BCUT2D eigenvalue weighted by atomic mass is 79.9. The molecule has 0 bridgehead atoms. The third-order valence-electron chi connectivity index (χ3n) is 6.74. The summed E-state index contributed by atoms with van der Waals surface area (Å²) in [5, 5.41) is 5.36. The van der Waals surface area contributed by atoms with Gasteiger partial charge >= 0.3 is 0 Å². The second-order valence-electron chi connectivity index (χ2n) is 9.42. The molecular weight excluding hydrogens is 538 g/mol. The van der Waals surface area contributed by atoms with Crippen LogP contribution in [-0.4, -0.2) is 28.6 Å². The van der Waals surface area contributed by atoms with Gasteiger partial charge < -0.3 is 14.6 Å². The largest absolute Gasteiger partial charge is 0.493 e. The molecule has 0 aliphatic heterocycles. The van der Waals surface area contributed by atoms with Gasteiger partial charge in [0.2, 0.25) is 0 Å². The number of benzene rings is 4. The number of nitrogens with zero attached hydrogens (tertiary/aromatic N) is 2. The summed E-state index contributed by atoms with van der Waals surface area (Å²) in [4.78, 5) is 17.2. The van der Waals surface area contributed by atoms with Gasteiger partial charge in [-0.05, 0) is 67.1 Å². The van der Waals surface area contributed by atoms with Gasteiger partial charge in [0.15, 0.2) is 0 Å². The maximum atomic E-state index is 12.3. The number of fused-ring (bicyclic) bond motifs is 2. The van der Waals surface area contributed by atoms with Crippen LogP contribution in [0.2, 0.25) is 0 Å². The molecule has 1 amide bonds. The number of aryl methyl sites for hydroxylation is 2. The zero-order valence-corrected chi connectivity index (χ0v) is 23.0. The van der Waals surface area contributed by atoms with Gasteiger partial charge in [-0.3, -0.25) is 4.79 Å². The Labute approximate surface area is 232 Å². The van der Waals surface area contributed by atoms with Crippen molar-refractivity contribution in [3.8, 4) is 5.75 Å². The Morgan fingerprint density at radius 3 is 2.53 bits per heavy atom. The van der Waals surface area contributed by atoms with E-state index in [0.717, 1.165) is 65.6 Å². The molecule has 38 heavy (non-hydrogen) atoms. The second kappa shape index (κ2) is 12.7. The van der Waals surface area contributed by atoms with Crippen molar-refractivity contribution in [1.82, 2.24) is 14.9 Å². The number of rotatable bonds is 12. The number of unbranched alkanes of at least 4 members (excludes halogenated alkanes) is 2. The lowest BCUT2D eigenvalue weighted by Crippen LogP contribution is -2.24. The average molecular weight is 571 g/mol. The SMILES string of the molecule is O=C(NCCCCCc1nc2ccccc2n1CCCOc1cccc2ccccc12)c1ccc(Br)cc1. The van der Waals surface area contributed by atoms with Gasteiger partial charge in [0, 0.05) is 34.9 Å². The summed E-state index contributed by atoms with van der Waals surface area (Å²) in [6.45, 7) is 2.19. The summed E-state index contributed by atoms with van der Waals surface area (Å²) in [7, 11) is 0. The first kappa shape index (κ1) is 26.0. The minimum atomic E-state index is -0.0231. The number of imidazole rings is 1. The zero-order chi connectivity index (χ0) is 26.2. The van der Waals surface area contributed by atoms with Gasteiger partial charge in [0.05, 0.1) is 17.6 Å². The Hall–Kier alpha value is -3.64. The van der Waals surface area contributed by atoms with Gasteiger partial charge in [0.1, 0.15) is 11.6 Å². The smallest absolute Gasteiger partial charge is 0.251 e. The number of hydrogen-bond donors (Lipinski definition) is 1. The van der Waals surface area contributed by atoms with Crippen molar-refractivity contribution in [1.29, 1.82) is 0 Å². The van der Waals surface area contributed by atoms with E-state index in [0.29, 0.717) is 18.7 Å². The summed E-state index contributed by atoms with van der Waals surface area (Å²) in [5.74, 6) is 2.03. The first-order valence-corrected chi connectivity index (χ1v) is 14.1. The highest BCUT2D eigenvalue weighted by Crippen LogP contribution is 2.25. The Balaban J connectivity index is 1.11. The van der Waals surface area contributed by atoms with Crippen LogP contribution in [0.15, 0.2) is 95.5 Å². The standard InChI is InChI=1S/C32H32BrN3O2/c33-26-19-17-25(18-20-26)32(37)34-21-7-1-2-16-31-35-28-13-5-6-14-29(28)36(31)22-9-23-38-30-15-8-11-24-10-3-4-12-27(24)30/h3-6,8,10-15,17-20H,1-2,7,9,16,21-23H2,(H,34,37). The van der Waals surface area contributed by atoms with E-state index in [2.05, 4.69) is 74.3 Å². The molecule has 0 saturated heterocycles. The van der Waals surface area contributed by atoms with Gasteiger partial charge in [-0.25, -0.2) is 4.98 Å². The van der Waals surface area contributed by atoms with E-state index < -0.39 is 0 Å². The van der Waals surface area contributed by atoms with E-state index in [1.807, 2.05) is 42.5 Å². The molecule has 0 saturated carbocycles. The normalized spacial score (nSPS) is 11.2. The van der Waals surface area contributed by atoms with Crippen LogP contribution in [0.4, 0.5) is 0 Å². The number of halogens is 1. The Kier molecular flexibility index (Phi) is 8.71. The van der Waals surface area contributed by atoms with Crippen LogP contribution in [0.1, 0.15) is 41.9 Å². The molecule has 0 atom stereocenters. The number of carbonyl (C=O) groups excluding carboxylic acids is 1. The maximum Gasteiger partial charge on any atom is 0.251 e. The molecule has 5 nitrogen and oxygen atoms in total. The minimum Gasteiger partial charge on any atom is -0.493 e. The van der Waals surface area contributed by atoms with Crippen LogP contribution in [0.5, 0.6) is 5.75 Å². The number of carbonyl (C=O) groups is 1. The fourth-order valence-electron chi connectivity index (χ4n) is 4.78. The van der Waals surface area contributed by atoms with E-state index in [9.17, 15) is 4.79 Å². The molecule has 0 aliphatic rings. The summed E-state index contributed by atoms with van der Waals surface area (Å²) in [5.41, 5.74) is 2.90. The second-order valence-corrected chi connectivity index (χ2v) is 10.3. The third-order valence-corrected chi connectivity index (χ3v) is 7.26. The van der Waals surface area contributed by atoms with E-state index >= 15 is 0 Å². The molecule has 0 spiro atoms. The third kappa shape index (κ3) is 6.43. The van der Waals surface area contributed by atoms with Crippen molar-refractivity contribution in [2.75, 3.05) is 13.2 Å². The summed E-state index contributed by atoms with van der Waals surface area (Å²) < 4.78 is 9.50. The fourth-order valence-corrected chi connectivity index (χ4v) is 5.05. The van der Waals surface area contributed by atoms with E-state index in [1.54, 1.807) is 0 Å². The van der Waals surface area contributed by atoms with Crippen molar-refractivity contribution in [2.24, 2.45) is 0 Å². The zero-order valence-electron chi connectivity index (χ0n) is 21.4. The number of para-hydroxylation sites is 2. The molecule has 5 aromatic rings. The topological polar surface area (TPSA) is 56.2 Å². The highest BCUT2D eigenvalue weighted by Gasteiger charge is 2.11. The van der Waals surface area contributed by atoms with E-state index in [4.69, 9.17) is 9.72 Å². The highest BCUT2D eigenvalue weighted by molar-refractivity contribution is 9.10. The molecule has 4 aromatic carbocycles. The molecule has 0 fully saturated rings. The molecule has 1 aromatic heterocycles. The first-order chi connectivity index (χ1) is 18.7. The molecule has 5 rings (SSSR count). The Bertz CT molecular complexity index is 1510. The number of nitrogens with one attached hydrogen (secondary N) is 1. The quantitative estimate of drug-likeness (QED) is 0.158. The van der Waals surface area contributed by atoms with Crippen molar-refractivity contribution in [2.45, 2.75) is 38.6 Å². The summed E-state index contributed by atoms with van der Waals surface area (Å²) >= 11 is 3.40. The predicted octanol–water partition coefficient (Wildman–Crippen LogP) is 7.56. The van der Waals surface area contributed by atoms with Crippen LogP contribution in [-0.2, 0) is 13.0 Å². The van der Waals surface area contributed by atoms with Crippen LogP contribution in [0.3, 0.4) is 0 Å². The lowest BCUT2D eigenvalue weighted by Gasteiger charge is -2.12. The summed E-state index contributed by atoms with van der Waals surface area (Å²) in [6.07, 6.45) is 4.83. The lowest BCUT2D eigenvalue weighted by atomic mass is 10.1. The first-order valence-electron chi connectivity index (χ1n) is 13.3. The van der Waals surface area contributed by atoms with Crippen molar-refractivity contribution in [3.63, 3.8) is 0 Å². The fraction of sp³-hybridized carbons (Fsp3) is 0.250. The Morgan fingerprint density at radius 2 is 1.63 bits per heavy atom. The van der Waals surface area contributed by atoms with Crippen LogP contribution in [0, 0.1) is 0 Å². The molecule has 0 unspecified atom stereocenters. The van der Waals surface area contributed by atoms with Crippen molar-refractivity contribution in [3.05, 3.63) is 107 Å². The molecular formula is C32H32BrN3O2. The maximum absolute atomic E-state index is 12.3. The van der Waals surface area contributed by atoms with Gasteiger partial charge in [0.25, 0.3) is 5.91 Å². The van der Waals surface area contributed by atoms with Crippen LogP contribution < -0.4 is 10.1 Å². The van der Waals surface area contributed by atoms with E-state index in [-0.39, 0.29) is 5.91 Å². The van der Waals surface area contributed by atoms with E-state index in [1.165, 1.54) is 10.9 Å². The molecule has 194 valence electrons. The van der Waals surface area contributed by atoms with Crippen LogP contribution >= 0.6 is 15.9 Å². The number of amides is 1. The van der Waals surface area contributed by atoms with Gasteiger partial charge in [-0.15, -0.1) is 0 Å². The van der Waals surface area contributed by atoms with Gasteiger partial charge in [-0.2, -0.15) is 0 Å². The average Bonchev–Trinajstić information content (AvgIpc) is 3.30. The Morgan fingerprint density at radius 1 is 0.842 bits per heavy atom. The van der Waals surface area contributed by atoms with Gasteiger partial charge in [-0.1, -0.05) is 70.9 Å². The predicted molar refractivity (Wildman–Crippen MR) is 158 cm³/mol. The number of aromatic nitrogens is 2. The van der Waals surface area contributed by atoms with Crippen molar-refractivity contribution < 1.29 is 9.53 Å². The minimum absolute atomic E-state index is 0.0231. The lowest BCUT2D eigenvalue weighted by molar-refractivity contribution is 0.0953. The molecule has 6 heteroatoms. The molecule has 0 radical (unpaired) electrons. The number of ether oxygens (including phenoxy) is 1.